The number of thiazole rings is 1. The maximum absolute atomic E-state index is 5.91. The van der Waals surface area contributed by atoms with Gasteiger partial charge in [0.1, 0.15) is 12.4 Å². The van der Waals surface area contributed by atoms with Crippen LogP contribution in [0.5, 0.6) is 5.75 Å². The van der Waals surface area contributed by atoms with E-state index < -0.39 is 0 Å². The largest absolute Gasteiger partial charge is 0.491 e. The molecule has 0 fully saturated rings. The Hall–Kier alpha value is -2.12. The summed E-state index contributed by atoms with van der Waals surface area (Å²) in [5.41, 5.74) is 3.35. The molecule has 0 amide bonds. The Morgan fingerprint density at radius 3 is 2.75 bits per heavy atom. The van der Waals surface area contributed by atoms with Crippen LogP contribution in [0.25, 0.3) is 0 Å². The molecule has 0 atom stereocenters. The highest BCUT2D eigenvalue weighted by Crippen LogP contribution is 2.21. The lowest BCUT2D eigenvalue weighted by atomic mass is 10.1. The number of nitrogens with zero attached hydrogens (tertiary/aromatic N) is 2. The van der Waals surface area contributed by atoms with Crippen molar-refractivity contribution in [3.63, 3.8) is 0 Å². The zero-order chi connectivity index (χ0) is 20.2. The SMILES string of the molecule is CCNC(=NCc1ccc(C)cc1OCCOCC)NCCc1csc(C)n1. The van der Waals surface area contributed by atoms with Crippen molar-refractivity contribution in [2.75, 3.05) is 32.9 Å². The highest BCUT2D eigenvalue weighted by atomic mass is 32.1. The van der Waals surface area contributed by atoms with E-state index in [-0.39, 0.29) is 0 Å². The smallest absolute Gasteiger partial charge is 0.191 e. The van der Waals surface area contributed by atoms with Crippen molar-refractivity contribution in [3.8, 4) is 5.75 Å². The number of guanidine groups is 1. The summed E-state index contributed by atoms with van der Waals surface area (Å²) < 4.78 is 11.3. The summed E-state index contributed by atoms with van der Waals surface area (Å²) in [4.78, 5) is 9.22. The number of rotatable bonds is 11. The fraction of sp³-hybridized carbons (Fsp3) is 0.524. The molecular formula is C21H32N4O2S. The molecule has 154 valence electrons. The third-order valence-corrected chi connectivity index (χ3v) is 4.83. The average molecular weight is 405 g/mol. The quantitative estimate of drug-likeness (QED) is 0.341. The minimum Gasteiger partial charge on any atom is -0.491 e. The standard InChI is InChI=1S/C21H32N4O2S/c1-5-22-21(23-10-9-19-15-28-17(4)25-19)24-14-18-8-7-16(3)13-20(18)27-12-11-26-6-2/h7-8,13,15H,5-6,9-12,14H2,1-4H3,(H2,22,23,24). The van der Waals surface area contributed by atoms with E-state index in [9.17, 15) is 0 Å². The van der Waals surface area contributed by atoms with Crippen LogP contribution in [0.4, 0.5) is 0 Å². The molecule has 0 aliphatic carbocycles. The molecule has 7 heteroatoms. The summed E-state index contributed by atoms with van der Waals surface area (Å²) in [6.45, 7) is 12.1. The first kappa shape index (κ1) is 22.2. The van der Waals surface area contributed by atoms with Crippen LogP contribution in [-0.2, 0) is 17.7 Å². The molecule has 0 saturated carbocycles. The molecule has 0 saturated heterocycles. The number of aliphatic imine (C=N–C) groups is 1. The predicted octanol–water partition coefficient (Wildman–Crippen LogP) is 3.47. The van der Waals surface area contributed by atoms with Gasteiger partial charge in [-0.15, -0.1) is 11.3 Å². The van der Waals surface area contributed by atoms with Gasteiger partial charge in [0.15, 0.2) is 5.96 Å². The molecule has 2 aromatic rings. The Labute approximate surface area is 172 Å². The van der Waals surface area contributed by atoms with Gasteiger partial charge in [-0.05, 0) is 39.3 Å². The number of aryl methyl sites for hydroxylation is 2. The van der Waals surface area contributed by atoms with Crippen molar-refractivity contribution >= 4 is 17.3 Å². The van der Waals surface area contributed by atoms with E-state index >= 15 is 0 Å². The summed E-state index contributed by atoms with van der Waals surface area (Å²) >= 11 is 1.69. The Bertz CT molecular complexity index is 746. The van der Waals surface area contributed by atoms with E-state index in [0.717, 1.165) is 47.5 Å². The summed E-state index contributed by atoms with van der Waals surface area (Å²) in [5.74, 6) is 1.67. The number of aromatic nitrogens is 1. The lowest BCUT2D eigenvalue weighted by molar-refractivity contribution is 0.110. The van der Waals surface area contributed by atoms with Crippen LogP contribution in [0.15, 0.2) is 28.6 Å². The Balaban J connectivity index is 1.94. The van der Waals surface area contributed by atoms with Crippen LogP contribution >= 0.6 is 11.3 Å². The minimum absolute atomic E-state index is 0.541. The Morgan fingerprint density at radius 2 is 2.04 bits per heavy atom. The number of ether oxygens (including phenoxy) is 2. The van der Waals surface area contributed by atoms with Gasteiger partial charge in [-0.25, -0.2) is 9.98 Å². The molecule has 1 aromatic heterocycles. The Kier molecular flexibility index (Phi) is 9.79. The number of hydrogen-bond donors (Lipinski definition) is 2. The summed E-state index contributed by atoms with van der Waals surface area (Å²) in [6, 6.07) is 6.23. The predicted molar refractivity (Wildman–Crippen MR) is 117 cm³/mol. The second-order valence-electron chi connectivity index (χ2n) is 6.39. The lowest BCUT2D eigenvalue weighted by Crippen LogP contribution is -2.38. The van der Waals surface area contributed by atoms with E-state index in [0.29, 0.717) is 26.4 Å². The summed E-state index contributed by atoms with van der Waals surface area (Å²) in [6.07, 6.45) is 0.880. The second kappa shape index (κ2) is 12.4. The van der Waals surface area contributed by atoms with Gasteiger partial charge in [0.05, 0.1) is 23.9 Å². The topological polar surface area (TPSA) is 67.8 Å². The molecule has 2 N–H and O–H groups in total. The zero-order valence-electron chi connectivity index (χ0n) is 17.4. The molecule has 2 rings (SSSR count). The molecule has 1 heterocycles. The first-order valence-corrected chi connectivity index (χ1v) is 10.7. The van der Waals surface area contributed by atoms with E-state index in [4.69, 9.17) is 14.5 Å². The fourth-order valence-corrected chi connectivity index (χ4v) is 3.27. The molecule has 1 aromatic carbocycles. The van der Waals surface area contributed by atoms with Crippen LogP contribution in [0.3, 0.4) is 0 Å². The van der Waals surface area contributed by atoms with Crippen LogP contribution in [0, 0.1) is 13.8 Å². The van der Waals surface area contributed by atoms with Crippen molar-refractivity contribution < 1.29 is 9.47 Å². The number of benzene rings is 1. The minimum atomic E-state index is 0.541. The van der Waals surface area contributed by atoms with E-state index in [1.165, 1.54) is 5.56 Å². The first-order valence-electron chi connectivity index (χ1n) is 9.85. The molecule has 0 unspecified atom stereocenters. The van der Waals surface area contributed by atoms with Crippen LogP contribution < -0.4 is 15.4 Å². The molecule has 0 radical (unpaired) electrons. The second-order valence-corrected chi connectivity index (χ2v) is 7.45. The zero-order valence-corrected chi connectivity index (χ0v) is 18.2. The first-order chi connectivity index (χ1) is 13.6. The molecule has 0 aliphatic rings. The maximum Gasteiger partial charge on any atom is 0.191 e. The Morgan fingerprint density at radius 1 is 1.18 bits per heavy atom. The molecule has 28 heavy (non-hydrogen) atoms. The van der Waals surface area contributed by atoms with Crippen molar-refractivity contribution in [3.05, 3.63) is 45.4 Å². The van der Waals surface area contributed by atoms with Gasteiger partial charge < -0.3 is 20.1 Å². The van der Waals surface area contributed by atoms with Crippen molar-refractivity contribution in [2.24, 2.45) is 4.99 Å². The van der Waals surface area contributed by atoms with Gasteiger partial charge in [0, 0.05) is 37.1 Å². The fourth-order valence-electron chi connectivity index (χ4n) is 2.62. The van der Waals surface area contributed by atoms with Gasteiger partial charge in [0.25, 0.3) is 0 Å². The van der Waals surface area contributed by atoms with Gasteiger partial charge in [-0.1, -0.05) is 12.1 Å². The molecule has 0 aliphatic heterocycles. The van der Waals surface area contributed by atoms with Gasteiger partial charge in [-0.3, -0.25) is 0 Å². The monoisotopic (exact) mass is 404 g/mol. The van der Waals surface area contributed by atoms with Crippen LogP contribution in [0.2, 0.25) is 0 Å². The normalized spacial score (nSPS) is 11.5. The average Bonchev–Trinajstić information content (AvgIpc) is 3.09. The lowest BCUT2D eigenvalue weighted by Gasteiger charge is -2.13. The highest BCUT2D eigenvalue weighted by molar-refractivity contribution is 7.09. The number of nitrogens with one attached hydrogen (secondary N) is 2. The van der Waals surface area contributed by atoms with Crippen molar-refractivity contribution in [1.82, 2.24) is 15.6 Å². The third-order valence-electron chi connectivity index (χ3n) is 4.00. The van der Waals surface area contributed by atoms with E-state index in [1.54, 1.807) is 11.3 Å². The van der Waals surface area contributed by atoms with Crippen LogP contribution in [0.1, 0.15) is 35.7 Å². The maximum atomic E-state index is 5.91. The van der Waals surface area contributed by atoms with Crippen molar-refractivity contribution in [2.45, 2.75) is 40.7 Å². The number of hydrogen-bond acceptors (Lipinski definition) is 5. The highest BCUT2D eigenvalue weighted by Gasteiger charge is 2.06. The van der Waals surface area contributed by atoms with Crippen molar-refractivity contribution in [1.29, 1.82) is 0 Å². The summed E-state index contributed by atoms with van der Waals surface area (Å²) in [5, 5.41) is 9.89. The summed E-state index contributed by atoms with van der Waals surface area (Å²) in [7, 11) is 0. The van der Waals surface area contributed by atoms with Gasteiger partial charge >= 0.3 is 0 Å². The molecule has 6 nitrogen and oxygen atoms in total. The van der Waals surface area contributed by atoms with Crippen LogP contribution in [-0.4, -0.2) is 43.9 Å². The molecular weight excluding hydrogens is 372 g/mol. The van der Waals surface area contributed by atoms with Gasteiger partial charge in [0.2, 0.25) is 0 Å². The molecule has 0 spiro atoms. The third kappa shape index (κ3) is 7.86. The van der Waals surface area contributed by atoms with E-state index in [1.807, 2.05) is 13.8 Å². The van der Waals surface area contributed by atoms with Gasteiger partial charge in [-0.2, -0.15) is 0 Å². The molecule has 0 bridgehead atoms. The van der Waals surface area contributed by atoms with E-state index in [2.05, 4.69) is 53.0 Å².